The first-order valence-electron chi connectivity index (χ1n) is 7.31. The first-order chi connectivity index (χ1) is 11.9. The zero-order valence-electron chi connectivity index (χ0n) is 13.1. The summed E-state index contributed by atoms with van der Waals surface area (Å²) in [5.74, 6) is -1.24. The van der Waals surface area contributed by atoms with Crippen LogP contribution in [0, 0.1) is 6.92 Å². The van der Waals surface area contributed by atoms with Gasteiger partial charge in [-0.25, -0.2) is 9.79 Å². The maximum atomic E-state index is 12.1. The van der Waals surface area contributed by atoms with Crippen molar-refractivity contribution < 1.29 is 14.7 Å². The van der Waals surface area contributed by atoms with Crippen LogP contribution in [0.1, 0.15) is 21.5 Å². The molecule has 1 aliphatic heterocycles. The number of rotatable bonds is 3. The van der Waals surface area contributed by atoms with Gasteiger partial charge in [0.05, 0.1) is 16.2 Å². The van der Waals surface area contributed by atoms with Crippen molar-refractivity contribution in [1.29, 1.82) is 0 Å². The summed E-state index contributed by atoms with van der Waals surface area (Å²) in [6, 6.07) is 12.3. The lowest BCUT2D eigenvalue weighted by Gasteiger charge is -2.03. The second-order valence-corrected chi connectivity index (χ2v) is 7.29. The fourth-order valence-electron chi connectivity index (χ4n) is 2.20. The number of carboxylic acid groups (broad SMARTS) is 1. The highest BCUT2D eigenvalue weighted by Gasteiger charge is 2.24. The second-order valence-electron chi connectivity index (χ2n) is 5.34. The number of carbonyl (C=O) groups excluding carboxylic acids is 1. The monoisotopic (exact) mass is 416 g/mol. The molecule has 0 unspecified atom stereocenters. The van der Waals surface area contributed by atoms with Crippen molar-refractivity contribution in [3.05, 3.63) is 68.5 Å². The minimum Gasteiger partial charge on any atom is -0.478 e. The summed E-state index contributed by atoms with van der Waals surface area (Å²) >= 11 is 4.63. The van der Waals surface area contributed by atoms with Crippen LogP contribution in [0.4, 0.5) is 5.69 Å². The number of nitrogens with one attached hydrogen (secondary N) is 1. The van der Waals surface area contributed by atoms with E-state index in [0.29, 0.717) is 15.8 Å². The van der Waals surface area contributed by atoms with Crippen LogP contribution in [0.5, 0.6) is 0 Å². The zero-order valence-corrected chi connectivity index (χ0v) is 15.5. The van der Waals surface area contributed by atoms with Crippen LogP contribution < -0.4 is 5.32 Å². The number of aliphatic imine (C=N–C) groups is 1. The van der Waals surface area contributed by atoms with Gasteiger partial charge >= 0.3 is 5.97 Å². The van der Waals surface area contributed by atoms with Gasteiger partial charge in [0.1, 0.15) is 0 Å². The topological polar surface area (TPSA) is 78.8 Å². The lowest BCUT2D eigenvalue weighted by Crippen LogP contribution is -2.19. The number of amides is 1. The number of benzene rings is 2. The van der Waals surface area contributed by atoms with E-state index in [9.17, 15) is 9.59 Å². The van der Waals surface area contributed by atoms with Gasteiger partial charge in [-0.1, -0.05) is 34.1 Å². The van der Waals surface area contributed by atoms with E-state index in [1.165, 1.54) is 23.9 Å². The van der Waals surface area contributed by atoms with Crippen LogP contribution >= 0.6 is 27.7 Å². The Labute approximate surface area is 157 Å². The van der Waals surface area contributed by atoms with Gasteiger partial charge in [-0.15, -0.1) is 0 Å². The van der Waals surface area contributed by atoms with Crippen LogP contribution in [0.2, 0.25) is 0 Å². The zero-order chi connectivity index (χ0) is 18.0. The fraction of sp³-hybridized carbons (Fsp3) is 0.0556. The highest BCUT2D eigenvalue weighted by Crippen LogP contribution is 2.30. The van der Waals surface area contributed by atoms with Crippen molar-refractivity contribution in [2.45, 2.75) is 6.92 Å². The van der Waals surface area contributed by atoms with E-state index >= 15 is 0 Å². The number of nitrogens with zero attached hydrogens (tertiary/aromatic N) is 1. The largest absolute Gasteiger partial charge is 0.478 e. The molecule has 2 N–H and O–H groups in total. The van der Waals surface area contributed by atoms with Gasteiger partial charge in [0, 0.05) is 4.47 Å². The Balaban J connectivity index is 1.89. The van der Waals surface area contributed by atoms with Crippen molar-refractivity contribution in [2.24, 2.45) is 4.99 Å². The maximum Gasteiger partial charge on any atom is 0.335 e. The predicted molar refractivity (Wildman–Crippen MR) is 103 cm³/mol. The van der Waals surface area contributed by atoms with Crippen molar-refractivity contribution in [3.63, 3.8) is 0 Å². The van der Waals surface area contributed by atoms with Crippen molar-refractivity contribution in [1.82, 2.24) is 5.32 Å². The number of carboxylic acids is 1. The molecule has 1 aliphatic rings. The smallest absolute Gasteiger partial charge is 0.335 e. The fourth-order valence-corrected chi connectivity index (χ4v) is 3.45. The standard InChI is InChI=1S/C18H13BrN2O3S/c1-10-5-6-12(17(23)24)9-14(10)20-18-21-16(22)15(25-18)8-11-3-2-4-13(19)7-11/h2-9H,1H3,(H,23,24)(H,20,21,22). The van der Waals surface area contributed by atoms with E-state index in [4.69, 9.17) is 5.11 Å². The Morgan fingerprint density at radius 1 is 1.28 bits per heavy atom. The van der Waals surface area contributed by atoms with Gasteiger partial charge < -0.3 is 10.4 Å². The Hall–Kier alpha value is -2.38. The Morgan fingerprint density at radius 2 is 2.08 bits per heavy atom. The maximum absolute atomic E-state index is 12.1. The predicted octanol–water partition coefficient (Wildman–Crippen LogP) is 4.35. The Bertz CT molecular complexity index is 938. The average molecular weight is 417 g/mol. The van der Waals surface area contributed by atoms with Crippen molar-refractivity contribution >= 4 is 56.5 Å². The van der Waals surface area contributed by atoms with Gasteiger partial charge in [0.15, 0.2) is 5.17 Å². The Morgan fingerprint density at radius 3 is 2.80 bits per heavy atom. The van der Waals surface area contributed by atoms with E-state index in [-0.39, 0.29) is 11.5 Å². The lowest BCUT2D eigenvalue weighted by molar-refractivity contribution is -0.115. The molecule has 2 aromatic carbocycles. The molecule has 3 rings (SSSR count). The molecule has 126 valence electrons. The normalized spacial score (nSPS) is 17.1. The van der Waals surface area contributed by atoms with E-state index in [2.05, 4.69) is 26.2 Å². The van der Waals surface area contributed by atoms with Crippen LogP contribution in [0.3, 0.4) is 0 Å². The number of hydrogen-bond donors (Lipinski definition) is 2. The number of carbonyl (C=O) groups is 2. The molecular weight excluding hydrogens is 404 g/mol. The molecule has 1 heterocycles. The molecule has 0 saturated carbocycles. The molecule has 0 aromatic heterocycles. The minimum atomic E-state index is -1.01. The molecule has 1 saturated heterocycles. The summed E-state index contributed by atoms with van der Waals surface area (Å²) in [5.41, 5.74) is 2.41. The van der Waals surface area contributed by atoms with Gasteiger partial charge in [-0.2, -0.15) is 0 Å². The summed E-state index contributed by atoms with van der Waals surface area (Å²) < 4.78 is 0.931. The number of aromatic carboxylic acids is 1. The van der Waals surface area contributed by atoms with Crippen LogP contribution in [-0.2, 0) is 4.79 Å². The number of aryl methyl sites for hydroxylation is 1. The SMILES string of the molecule is Cc1ccc(C(=O)O)cc1N=C1NC(=O)C(=Cc2cccc(Br)c2)S1. The highest BCUT2D eigenvalue weighted by atomic mass is 79.9. The molecule has 2 aromatic rings. The minimum absolute atomic E-state index is 0.157. The molecule has 25 heavy (non-hydrogen) atoms. The summed E-state index contributed by atoms with van der Waals surface area (Å²) in [7, 11) is 0. The highest BCUT2D eigenvalue weighted by molar-refractivity contribution is 9.10. The quantitative estimate of drug-likeness (QED) is 0.728. The van der Waals surface area contributed by atoms with Crippen LogP contribution in [0.25, 0.3) is 6.08 Å². The first-order valence-corrected chi connectivity index (χ1v) is 8.92. The third kappa shape index (κ3) is 4.18. The van der Waals surface area contributed by atoms with Gasteiger partial charge in [-0.05, 0) is 60.2 Å². The summed E-state index contributed by atoms with van der Waals surface area (Å²) in [4.78, 5) is 28.2. The van der Waals surface area contributed by atoms with Gasteiger partial charge in [-0.3, -0.25) is 4.79 Å². The Kier molecular flexibility index (Phi) is 5.06. The van der Waals surface area contributed by atoms with Crippen LogP contribution in [-0.4, -0.2) is 22.2 Å². The molecule has 0 radical (unpaired) electrons. The van der Waals surface area contributed by atoms with Crippen molar-refractivity contribution in [2.75, 3.05) is 0 Å². The van der Waals surface area contributed by atoms with E-state index < -0.39 is 5.97 Å². The van der Waals surface area contributed by atoms with E-state index in [0.717, 1.165) is 15.6 Å². The molecule has 0 bridgehead atoms. The van der Waals surface area contributed by atoms with Crippen LogP contribution in [0.15, 0.2) is 56.8 Å². The molecule has 7 heteroatoms. The van der Waals surface area contributed by atoms with E-state index in [1.807, 2.05) is 31.2 Å². The molecule has 5 nitrogen and oxygen atoms in total. The number of hydrogen-bond acceptors (Lipinski definition) is 4. The van der Waals surface area contributed by atoms with Gasteiger partial charge in [0.25, 0.3) is 5.91 Å². The number of halogens is 1. The third-order valence-corrected chi connectivity index (χ3v) is 4.88. The third-order valence-electron chi connectivity index (χ3n) is 3.48. The first kappa shape index (κ1) is 17.4. The average Bonchev–Trinajstić information content (AvgIpc) is 2.89. The lowest BCUT2D eigenvalue weighted by atomic mass is 10.1. The van der Waals surface area contributed by atoms with E-state index in [1.54, 1.807) is 12.1 Å². The van der Waals surface area contributed by atoms with Crippen molar-refractivity contribution in [3.8, 4) is 0 Å². The molecule has 0 atom stereocenters. The summed E-state index contributed by atoms with van der Waals surface area (Å²) in [6.45, 7) is 1.84. The number of thioether (sulfide) groups is 1. The molecular formula is C18H13BrN2O3S. The summed E-state index contributed by atoms with van der Waals surface area (Å²) in [6.07, 6.45) is 1.79. The molecule has 0 aliphatic carbocycles. The summed E-state index contributed by atoms with van der Waals surface area (Å²) in [5, 5.41) is 12.2. The second kappa shape index (κ2) is 7.25. The molecule has 0 spiro atoms. The molecule has 1 amide bonds. The number of amidine groups is 1. The van der Waals surface area contributed by atoms with Gasteiger partial charge in [0.2, 0.25) is 0 Å². The molecule has 1 fully saturated rings.